The second kappa shape index (κ2) is 4.28. The molecular formula is C14H15FO4. The molecule has 5 heteroatoms. The molecule has 102 valence electrons. The Balaban J connectivity index is 1.84. The van der Waals surface area contributed by atoms with E-state index in [1.165, 1.54) is 12.1 Å². The van der Waals surface area contributed by atoms with E-state index in [0.29, 0.717) is 6.61 Å². The average Bonchev–Trinajstić information content (AvgIpc) is 2.69. The summed E-state index contributed by atoms with van der Waals surface area (Å²) in [4.78, 5) is 12.0. The molecule has 0 unspecified atom stereocenters. The van der Waals surface area contributed by atoms with E-state index in [2.05, 4.69) is 0 Å². The largest absolute Gasteiger partial charge is 0.486 e. The molecule has 0 amide bonds. The number of ether oxygens (including phenoxy) is 3. The molecule has 0 aliphatic carbocycles. The van der Waals surface area contributed by atoms with Crippen LogP contribution in [0.4, 0.5) is 4.39 Å². The third kappa shape index (κ3) is 2.24. The van der Waals surface area contributed by atoms with Crippen LogP contribution in [0, 0.1) is 5.82 Å². The van der Waals surface area contributed by atoms with Crippen LogP contribution in [0.3, 0.4) is 0 Å². The van der Waals surface area contributed by atoms with Crippen molar-refractivity contribution in [2.24, 2.45) is 0 Å². The Kier molecular flexibility index (Phi) is 2.83. The summed E-state index contributed by atoms with van der Waals surface area (Å²) in [5.41, 5.74) is 0.0388. The Morgan fingerprint density at radius 2 is 2.11 bits per heavy atom. The van der Waals surface area contributed by atoms with Gasteiger partial charge >= 0.3 is 0 Å². The van der Waals surface area contributed by atoms with Crippen LogP contribution in [-0.4, -0.2) is 30.4 Å². The third-order valence-corrected chi connectivity index (χ3v) is 3.36. The molecule has 0 bridgehead atoms. The summed E-state index contributed by atoms with van der Waals surface area (Å²) in [6.07, 6.45) is -0.628. The zero-order chi connectivity index (χ0) is 13.6. The number of fused-ring (bicyclic) bond motifs is 1. The first kappa shape index (κ1) is 12.6. The minimum Gasteiger partial charge on any atom is -0.486 e. The van der Waals surface area contributed by atoms with Crippen LogP contribution in [0.2, 0.25) is 0 Å². The maximum Gasteiger partial charge on any atom is 0.173 e. The summed E-state index contributed by atoms with van der Waals surface area (Å²) >= 11 is 0. The minimum atomic E-state index is -0.667. The highest BCUT2D eigenvalue weighted by atomic mass is 19.1. The standard InChI is InChI=1S/C14H15FO4/c1-14(2)17-7-12(19-14)11-6-9(16)13-8(15)4-3-5-10(13)18-11/h3-5,11-12H,6-7H2,1-2H3/t11-,12+/m1/s1. The van der Waals surface area contributed by atoms with Gasteiger partial charge < -0.3 is 14.2 Å². The maximum absolute atomic E-state index is 13.6. The molecular weight excluding hydrogens is 251 g/mol. The van der Waals surface area contributed by atoms with Crippen molar-refractivity contribution in [1.29, 1.82) is 0 Å². The first-order chi connectivity index (χ1) is 8.96. The summed E-state index contributed by atoms with van der Waals surface area (Å²) in [6.45, 7) is 3.99. The first-order valence-electron chi connectivity index (χ1n) is 6.26. The molecule has 0 spiro atoms. The molecule has 2 atom stereocenters. The monoisotopic (exact) mass is 266 g/mol. The van der Waals surface area contributed by atoms with Gasteiger partial charge in [-0.25, -0.2) is 4.39 Å². The van der Waals surface area contributed by atoms with Crippen LogP contribution in [0.25, 0.3) is 0 Å². The number of hydrogen-bond acceptors (Lipinski definition) is 4. The summed E-state index contributed by atoms with van der Waals surface area (Å²) < 4.78 is 30.4. The van der Waals surface area contributed by atoms with E-state index in [1.807, 2.05) is 13.8 Å². The molecule has 2 heterocycles. The van der Waals surface area contributed by atoms with Gasteiger partial charge in [0.15, 0.2) is 11.6 Å². The lowest BCUT2D eigenvalue weighted by atomic mass is 9.97. The van der Waals surface area contributed by atoms with Gasteiger partial charge in [0.05, 0.1) is 18.6 Å². The van der Waals surface area contributed by atoms with E-state index in [-0.39, 0.29) is 29.6 Å². The first-order valence-corrected chi connectivity index (χ1v) is 6.26. The lowest BCUT2D eigenvalue weighted by molar-refractivity contribution is -0.149. The van der Waals surface area contributed by atoms with Crippen LogP contribution in [0.5, 0.6) is 5.75 Å². The highest BCUT2D eigenvalue weighted by Crippen LogP contribution is 2.34. The number of halogens is 1. The SMILES string of the molecule is CC1(C)OC[C@@H]([C@H]2CC(=O)c3c(F)cccc3O2)O1. The zero-order valence-electron chi connectivity index (χ0n) is 10.8. The number of carbonyl (C=O) groups is 1. The van der Waals surface area contributed by atoms with E-state index >= 15 is 0 Å². The summed E-state index contributed by atoms with van der Waals surface area (Å²) in [5, 5.41) is 0. The molecule has 0 radical (unpaired) electrons. The van der Waals surface area contributed by atoms with E-state index < -0.39 is 17.7 Å². The van der Waals surface area contributed by atoms with Crippen LogP contribution in [-0.2, 0) is 9.47 Å². The lowest BCUT2D eigenvalue weighted by Gasteiger charge is -2.29. The fraction of sp³-hybridized carbons (Fsp3) is 0.500. The fourth-order valence-corrected chi connectivity index (χ4v) is 2.47. The molecule has 2 aliphatic rings. The summed E-state index contributed by atoms with van der Waals surface area (Å²) in [6, 6.07) is 4.39. The quantitative estimate of drug-likeness (QED) is 0.782. The Morgan fingerprint density at radius 1 is 1.32 bits per heavy atom. The molecule has 0 aromatic heterocycles. The Hall–Kier alpha value is -1.46. The number of Topliss-reactive ketones (excluding diaryl/α,β-unsaturated/α-hetero) is 1. The molecule has 19 heavy (non-hydrogen) atoms. The number of hydrogen-bond donors (Lipinski definition) is 0. The highest BCUT2D eigenvalue weighted by molar-refractivity contribution is 6.00. The molecule has 1 fully saturated rings. The van der Waals surface area contributed by atoms with Crippen molar-refractivity contribution in [2.45, 2.75) is 38.3 Å². The number of benzene rings is 1. The van der Waals surface area contributed by atoms with Crippen molar-refractivity contribution in [3.05, 3.63) is 29.6 Å². The predicted octanol–water partition coefficient (Wildman–Crippen LogP) is 2.31. The lowest BCUT2D eigenvalue weighted by Crippen LogP contribution is -2.40. The predicted molar refractivity (Wildman–Crippen MR) is 64.7 cm³/mol. The Bertz CT molecular complexity index is 526. The van der Waals surface area contributed by atoms with Crippen LogP contribution < -0.4 is 4.74 Å². The van der Waals surface area contributed by atoms with Gasteiger partial charge in [0.1, 0.15) is 23.8 Å². The average molecular weight is 266 g/mol. The van der Waals surface area contributed by atoms with Crippen molar-refractivity contribution in [3.63, 3.8) is 0 Å². The van der Waals surface area contributed by atoms with E-state index in [1.54, 1.807) is 6.07 Å². The maximum atomic E-state index is 13.6. The number of ketones is 1. The van der Waals surface area contributed by atoms with Crippen molar-refractivity contribution in [3.8, 4) is 5.75 Å². The van der Waals surface area contributed by atoms with Crippen molar-refractivity contribution >= 4 is 5.78 Å². The van der Waals surface area contributed by atoms with Crippen LogP contribution >= 0.6 is 0 Å². The molecule has 3 rings (SSSR count). The van der Waals surface area contributed by atoms with Gasteiger partial charge in [-0.3, -0.25) is 4.79 Å². The second-order valence-corrected chi connectivity index (χ2v) is 5.26. The minimum absolute atomic E-state index is 0.0388. The second-order valence-electron chi connectivity index (χ2n) is 5.26. The smallest absolute Gasteiger partial charge is 0.173 e. The Morgan fingerprint density at radius 3 is 2.79 bits per heavy atom. The van der Waals surface area contributed by atoms with E-state index in [0.717, 1.165) is 0 Å². The molecule has 0 saturated carbocycles. The zero-order valence-corrected chi connectivity index (χ0v) is 10.8. The van der Waals surface area contributed by atoms with Gasteiger partial charge in [-0.2, -0.15) is 0 Å². The van der Waals surface area contributed by atoms with Gasteiger partial charge in [0, 0.05) is 0 Å². The highest BCUT2D eigenvalue weighted by Gasteiger charge is 2.42. The van der Waals surface area contributed by atoms with Crippen LogP contribution in [0.1, 0.15) is 30.6 Å². The molecule has 0 N–H and O–H groups in total. The van der Waals surface area contributed by atoms with E-state index in [9.17, 15) is 9.18 Å². The molecule has 1 aromatic rings. The van der Waals surface area contributed by atoms with Crippen molar-refractivity contribution in [1.82, 2.24) is 0 Å². The van der Waals surface area contributed by atoms with E-state index in [4.69, 9.17) is 14.2 Å². The normalized spacial score (nSPS) is 28.9. The summed E-state index contributed by atoms with van der Waals surface area (Å²) in [5.74, 6) is -1.17. The molecule has 4 nitrogen and oxygen atoms in total. The van der Waals surface area contributed by atoms with Gasteiger partial charge in [0.25, 0.3) is 0 Å². The van der Waals surface area contributed by atoms with Crippen molar-refractivity contribution in [2.75, 3.05) is 6.61 Å². The number of rotatable bonds is 1. The van der Waals surface area contributed by atoms with Gasteiger partial charge in [-0.15, -0.1) is 0 Å². The Labute approximate surface area is 110 Å². The topological polar surface area (TPSA) is 44.8 Å². The van der Waals surface area contributed by atoms with Gasteiger partial charge in [-0.05, 0) is 26.0 Å². The molecule has 2 aliphatic heterocycles. The third-order valence-electron chi connectivity index (χ3n) is 3.36. The van der Waals surface area contributed by atoms with Crippen molar-refractivity contribution < 1.29 is 23.4 Å². The summed E-state index contributed by atoms with van der Waals surface area (Å²) in [7, 11) is 0. The fourth-order valence-electron chi connectivity index (χ4n) is 2.47. The van der Waals surface area contributed by atoms with Gasteiger partial charge in [-0.1, -0.05) is 6.07 Å². The van der Waals surface area contributed by atoms with Crippen LogP contribution in [0.15, 0.2) is 18.2 Å². The molecule has 1 saturated heterocycles. The van der Waals surface area contributed by atoms with Gasteiger partial charge in [0.2, 0.25) is 0 Å². The number of carbonyl (C=O) groups excluding carboxylic acids is 1. The molecule has 1 aromatic carbocycles.